The Balaban J connectivity index is 4.14. The first-order valence-electron chi connectivity index (χ1n) is 1.99. The van der Waals surface area contributed by atoms with Crippen molar-refractivity contribution in [3.8, 4) is 0 Å². The third-order valence-electron chi connectivity index (χ3n) is 0.522. The highest BCUT2D eigenvalue weighted by atomic mass is 32.2. The molecule has 0 N–H and O–H groups in total. The average molecular weight is 144 g/mol. The van der Waals surface area contributed by atoms with E-state index in [0.29, 0.717) is 0 Å². The molecule has 0 aromatic heterocycles. The molecule has 0 bridgehead atoms. The number of nitrogens with zero attached hydrogens (tertiary/aromatic N) is 2. The summed E-state index contributed by atoms with van der Waals surface area (Å²) in [5.74, 6) is -1.15. The van der Waals surface area contributed by atoms with Crippen LogP contribution in [0.4, 0.5) is 0 Å². The van der Waals surface area contributed by atoms with Gasteiger partial charge in [-0.25, -0.2) is 21.6 Å². The summed E-state index contributed by atoms with van der Waals surface area (Å²) in [6.45, 7) is 12.4. The number of hydrogen-bond acceptors (Lipinski definition) is 2. The molecule has 5 heteroatoms. The van der Waals surface area contributed by atoms with Crippen molar-refractivity contribution in [2.24, 2.45) is 0 Å². The summed E-state index contributed by atoms with van der Waals surface area (Å²) in [4.78, 5) is 5.29. The molecule has 48 valence electrons. The fourth-order valence-corrected chi connectivity index (χ4v) is 0.713. The van der Waals surface area contributed by atoms with Gasteiger partial charge in [0, 0.05) is 0 Å². The Morgan fingerprint density at radius 2 is 1.44 bits per heavy atom. The summed E-state index contributed by atoms with van der Waals surface area (Å²) in [6.07, 6.45) is 0. The van der Waals surface area contributed by atoms with Crippen LogP contribution < -0.4 is 0 Å². The summed E-state index contributed by atoms with van der Waals surface area (Å²) in [6, 6.07) is 0. The quantitative estimate of drug-likeness (QED) is 0.518. The van der Waals surface area contributed by atoms with Crippen molar-refractivity contribution in [1.29, 1.82) is 0 Å². The summed E-state index contributed by atoms with van der Waals surface area (Å²) in [5, 5.41) is 0. The molecule has 0 amide bonds. The molecule has 0 rings (SSSR count). The predicted octanol–water partition coefficient (Wildman–Crippen LogP) is 0.155. The second-order valence-electron chi connectivity index (χ2n) is 1.32. The van der Waals surface area contributed by atoms with Gasteiger partial charge in [-0.15, -0.1) is 0 Å². The molecule has 0 aliphatic heterocycles. The van der Waals surface area contributed by atoms with Gasteiger partial charge in [0.2, 0.25) is 0 Å². The van der Waals surface area contributed by atoms with Crippen LogP contribution in [0.1, 0.15) is 0 Å². The molecule has 0 heterocycles. The van der Waals surface area contributed by atoms with E-state index in [1.807, 2.05) is 0 Å². The van der Waals surface area contributed by atoms with Gasteiger partial charge < -0.3 is 0 Å². The average Bonchev–Trinajstić information content (AvgIpc) is 1.64. The molecule has 0 saturated heterocycles. The Hall–Kier alpha value is -1.07. The van der Waals surface area contributed by atoms with E-state index in [0.717, 1.165) is 0 Å². The van der Waals surface area contributed by atoms with Gasteiger partial charge in [0.15, 0.2) is 0 Å². The first kappa shape index (κ1) is 7.93. The summed E-state index contributed by atoms with van der Waals surface area (Å²) < 4.78 is 20.8. The Bertz CT molecular complexity index is 231. The highest BCUT2D eigenvalue weighted by Gasteiger charge is 2.15. The van der Waals surface area contributed by atoms with Gasteiger partial charge >= 0.3 is 11.8 Å². The molecular formula is C4H4N2O2S. The lowest BCUT2D eigenvalue weighted by molar-refractivity contribution is 0.601. The first-order chi connectivity index (χ1) is 4.12. The van der Waals surface area contributed by atoms with Crippen LogP contribution in [-0.4, -0.2) is 20.2 Å². The van der Waals surface area contributed by atoms with Crippen LogP contribution in [0.5, 0.6) is 0 Å². The molecule has 0 aromatic rings. The summed E-state index contributed by atoms with van der Waals surface area (Å²) in [7, 11) is -3.39. The molecule has 0 aliphatic carbocycles. The summed E-state index contributed by atoms with van der Waals surface area (Å²) in [5.41, 5.74) is 0. The largest absolute Gasteiger partial charge is 0.319 e. The lowest BCUT2D eigenvalue weighted by atomic mass is 11.4. The van der Waals surface area contributed by atoms with Gasteiger partial charge in [-0.3, -0.25) is 9.69 Å². The molecule has 0 saturated carbocycles. The second-order valence-corrected chi connectivity index (χ2v) is 3.32. The lowest BCUT2D eigenvalue weighted by Gasteiger charge is -1.81. The Kier molecular flexibility index (Phi) is 2.69. The van der Waals surface area contributed by atoms with E-state index in [-0.39, 0.29) is 0 Å². The smallest absolute Gasteiger partial charge is 0.299 e. The molecule has 0 atom stereocenters. The number of rotatable bonds is 2. The zero-order valence-corrected chi connectivity index (χ0v) is 5.35. The van der Waals surface area contributed by atoms with Crippen molar-refractivity contribution in [3.63, 3.8) is 0 Å². The normalized spacial score (nSPS) is 9.56. The minimum atomic E-state index is -3.39. The van der Waals surface area contributed by atoms with E-state index in [9.17, 15) is 8.42 Å². The van der Waals surface area contributed by atoms with Crippen LogP contribution in [0.15, 0.2) is 0 Å². The summed E-state index contributed by atoms with van der Waals surface area (Å²) >= 11 is 0. The number of hydrogen-bond donors (Lipinski definition) is 0. The van der Waals surface area contributed by atoms with E-state index < -0.39 is 21.6 Å². The van der Waals surface area contributed by atoms with Crippen LogP contribution in [0, 0.1) is 13.1 Å². The van der Waals surface area contributed by atoms with Crippen LogP contribution in [0.3, 0.4) is 0 Å². The predicted molar refractivity (Wildman–Crippen MR) is 31.9 cm³/mol. The van der Waals surface area contributed by atoms with Crippen LogP contribution in [0.25, 0.3) is 9.69 Å². The maximum atomic E-state index is 10.4. The van der Waals surface area contributed by atoms with Gasteiger partial charge in [0.1, 0.15) is 0 Å². The molecule has 0 unspecified atom stereocenters. The molecular weight excluding hydrogens is 140 g/mol. The van der Waals surface area contributed by atoms with Crippen molar-refractivity contribution in [2.45, 2.75) is 0 Å². The molecule has 0 aliphatic rings. The van der Waals surface area contributed by atoms with Gasteiger partial charge in [-0.1, -0.05) is 0 Å². The molecule has 0 radical (unpaired) electrons. The van der Waals surface area contributed by atoms with E-state index in [2.05, 4.69) is 9.69 Å². The van der Waals surface area contributed by atoms with Gasteiger partial charge in [-0.2, -0.15) is 0 Å². The highest BCUT2D eigenvalue weighted by molar-refractivity contribution is 7.91. The molecule has 4 nitrogen and oxygen atoms in total. The first-order valence-corrected chi connectivity index (χ1v) is 3.81. The standard InChI is InChI=1S/C4H4N2O2S/c1-5-3-9(7,8)4-6-2/h3-4H2. The van der Waals surface area contributed by atoms with Crippen molar-refractivity contribution in [1.82, 2.24) is 0 Å². The zero-order chi connectivity index (χ0) is 7.33. The topological polar surface area (TPSA) is 42.9 Å². The maximum Gasteiger partial charge on any atom is 0.319 e. The van der Waals surface area contributed by atoms with Gasteiger partial charge in [0.25, 0.3) is 9.84 Å². The fraction of sp³-hybridized carbons (Fsp3) is 0.500. The minimum Gasteiger partial charge on any atom is -0.299 e. The molecule has 0 spiro atoms. The van der Waals surface area contributed by atoms with Crippen LogP contribution >= 0.6 is 0 Å². The van der Waals surface area contributed by atoms with E-state index in [1.54, 1.807) is 0 Å². The lowest BCUT2D eigenvalue weighted by Crippen LogP contribution is -2.04. The fourth-order valence-electron chi connectivity index (χ4n) is 0.238. The second kappa shape index (κ2) is 3.06. The Morgan fingerprint density at radius 1 is 1.11 bits per heavy atom. The van der Waals surface area contributed by atoms with Crippen molar-refractivity contribution >= 4 is 9.84 Å². The molecule has 0 aromatic carbocycles. The third-order valence-corrected chi connectivity index (χ3v) is 1.57. The SMILES string of the molecule is [C-]#[N+]CS(=O)(=O)C[N+]#[C-]. The van der Waals surface area contributed by atoms with Gasteiger partial charge in [-0.05, 0) is 0 Å². The molecule has 0 fully saturated rings. The van der Waals surface area contributed by atoms with E-state index in [1.165, 1.54) is 0 Å². The van der Waals surface area contributed by atoms with Crippen LogP contribution in [-0.2, 0) is 9.84 Å². The van der Waals surface area contributed by atoms with Crippen molar-refractivity contribution < 1.29 is 8.42 Å². The molecule has 9 heavy (non-hydrogen) atoms. The Morgan fingerprint density at radius 3 is 1.67 bits per heavy atom. The third kappa shape index (κ3) is 3.51. The zero-order valence-electron chi connectivity index (χ0n) is 4.53. The van der Waals surface area contributed by atoms with Crippen molar-refractivity contribution in [3.05, 3.63) is 22.8 Å². The minimum absolute atomic E-state index is 0.574. The van der Waals surface area contributed by atoms with Crippen molar-refractivity contribution in [2.75, 3.05) is 11.8 Å². The monoisotopic (exact) mass is 144 g/mol. The maximum absolute atomic E-state index is 10.4. The van der Waals surface area contributed by atoms with E-state index >= 15 is 0 Å². The van der Waals surface area contributed by atoms with Gasteiger partial charge in [0.05, 0.1) is 0 Å². The number of sulfone groups is 1. The van der Waals surface area contributed by atoms with Crippen LogP contribution in [0.2, 0.25) is 0 Å². The van der Waals surface area contributed by atoms with E-state index in [4.69, 9.17) is 13.1 Å². The Labute approximate surface area is 53.7 Å². The highest BCUT2D eigenvalue weighted by Crippen LogP contribution is 1.89.